The molecule has 17 heavy (non-hydrogen) atoms. The Bertz CT molecular complexity index is 593. The summed E-state index contributed by atoms with van der Waals surface area (Å²) < 4.78 is 0.718. The van der Waals surface area contributed by atoms with Crippen LogP contribution in [0.2, 0.25) is 0 Å². The van der Waals surface area contributed by atoms with Gasteiger partial charge in [-0.3, -0.25) is 0 Å². The molecule has 1 N–H and O–H groups in total. The van der Waals surface area contributed by atoms with E-state index in [0.717, 1.165) is 21.7 Å². The molecule has 0 aliphatic rings. The predicted molar refractivity (Wildman–Crippen MR) is 70.5 cm³/mol. The van der Waals surface area contributed by atoms with Crippen LogP contribution in [0.25, 0.3) is 11.4 Å². The zero-order valence-corrected chi connectivity index (χ0v) is 11.3. The molecule has 2 rings (SSSR count). The first kappa shape index (κ1) is 11.9. The molecule has 1 aromatic carbocycles. The van der Waals surface area contributed by atoms with E-state index < -0.39 is 0 Å². The summed E-state index contributed by atoms with van der Waals surface area (Å²) in [5.41, 5.74) is 4.26. The molecule has 1 heterocycles. The minimum Gasteiger partial charge on any atom is -0.340 e. The number of aryl methyl sites for hydroxylation is 2. The van der Waals surface area contributed by atoms with Crippen molar-refractivity contribution in [3.63, 3.8) is 0 Å². The molecule has 4 heteroatoms. The monoisotopic (exact) mass is 289 g/mol. The van der Waals surface area contributed by atoms with Gasteiger partial charge >= 0.3 is 0 Å². The lowest BCUT2D eigenvalue weighted by atomic mass is 10.1. The number of hydrogen-bond acceptors (Lipinski definition) is 2. The summed E-state index contributed by atoms with van der Waals surface area (Å²) >= 11 is 3.37. The van der Waals surface area contributed by atoms with Gasteiger partial charge in [-0.1, -0.05) is 17.7 Å². The molecule has 0 saturated carbocycles. The number of nitrogens with one attached hydrogen (secondary N) is 1. The van der Waals surface area contributed by atoms with Crippen molar-refractivity contribution < 1.29 is 0 Å². The van der Waals surface area contributed by atoms with Gasteiger partial charge in [-0.25, -0.2) is 4.98 Å². The van der Waals surface area contributed by atoms with Crippen LogP contribution in [0.1, 0.15) is 16.8 Å². The van der Waals surface area contributed by atoms with Crippen molar-refractivity contribution in [3.05, 3.63) is 39.6 Å². The second-order valence-electron chi connectivity index (χ2n) is 4.01. The first-order chi connectivity index (χ1) is 8.11. The number of nitrogens with zero attached hydrogens (tertiary/aromatic N) is 2. The highest BCUT2D eigenvalue weighted by molar-refractivity contribution is 9.10. The number of imidazole rings is 1. The van der Waals surface area contributed by atoms with Crippen LogP contribution in [0.15, 0.2) is 22.8 Å². The summed E-state index contributed by atoms with van der Waals surface area (Å²) in [6.07, 6.45) is 0.332. The number of nitriles is 1. The van der Waals surface area contributed by atoms with E-state index in [1.807, 2.05) is 0 Å². The van der Waals surface area contributed by atoms with Crippen LogP contribution in [0.3, 0.4) is 0 Å². The Hall–Kier alpha value is -1.60. The Kier molecular flexibility index (Phi) is 3.30. The number of aromatic nitrogens is 2. The van der Waals surface area contributed by atoms with E-state index in [1.54, 1.807) is 0 Å². The van der Waals surface area contributed by atoms with Crippen LogP contribution in [0.5, 0.6) is 0 Å². The highest BCUT2D eigenvalue weighted by Gasteiger charge is 2.11. The number of benzene rings is 1. The van der Waals surface area contributed by atoms with Gasteiger partial charge in [0.2, 0.25) is 0 Å². The van der Waals surface area contributed by atoms with Gasteiger partial charge in [-0.05, 0) is 41.4 Å². The van der Waals surface area contributed by atoms with Crippen LogP contribution < -0.4 is 0 Å². The lowest BCUT2D eigenvalue weighted by molar-refractivity contribution is 1.14. The SMILES string of the molecule is Cc1ccc(C)c(-c2nc(Br)c(CC#N)[nH]2)c1. The number of halogens is 1. The maximum Gasteiger partial charge on any atom is 0.139 e. The summed E-state index contributed by atoms with van der Waals surface area (Å²) in [6.45, 7) is 4.10. The van der Waals surface area contributed by atoms with Gasteiger partial charge in [0.25, 0.3) is 0 Å². The molecule has 0 spiro atoms. The predicted octanol–water partition coefficient (Wildman–Crippen LogP) is 3.52. The van der Waals surface area contributed by atoms with E-state index in [-0.39, 0.29) is 0 Å². The lowest BCUT2D eigenvalue weighted by Crippen LogP contribution is -1.87. The maximum atomic E-state index is 8.70. The van der Waals surface area contributed by atoms with Crippen molar-refractivity contribution in [1.82, 2.24) is 9.97 Å². The Morgan fingerprint density at radius 1 is 1.41 bits per heavy atom. The zero-order chi connectivity index (χ0) is 12.4. The molecule has 0 unspecified atom stereocenters. The molecule has 0 bridgehead atoms. The fraction of sp³-hybridized carbons (Fsp3) is 0.231. The van der Waals surface area contributed by atoms with Gasteiger partial charge in [0.15, 0.2) is 0 Å². The number of H-pyrrole nitrogens is 1. The molecule has 0 fully saturated rings. The molecule has 0 amide bonds. The topological polar surface area (TPSA) is 52.5 Å². The number of rotatable bonds is 2. The summed E-state index contributed by atoms with van der Waals surface area (Å²) in [5, 5.41) is 8.70. The first-order valence-corrected chi connectivity index (χ1v) is 6.10. The molecule has 86 valence electrons. The molecule has 0 aliphatic heterocycles. The third kappa shape index (κ3) is 2.40. The minimum absolute atomic E-state index is 0.332. The molecule has 0 saturated heterocycles. The summed E-state index contributed by atoms with van der Waals surface area (Å²) in [7, 11) is 0. The van der Waals surface area contributed by atoms with E-state index in [4.69, 9.17) is 5.26 Å². The molecular weight excluding hydrogens is 278 g/mol. The van der Waals surface area contributed by atoms with E-state index in [2.05, 4.69) is 64.0 Å². The quantitative estimate of drug-likeness (QED) is 0.920. The average molecular weight is 290 g/mol. The Balaban J connectivity index is 2.50. The van der Waals surface area contributed by atoms with Crippen molar-refractivity contribution in [3.8, 4) is 17.5 Å². The van der Waals surface area contributed by atoms with Gasteiger partial charge in [-0.2, -0.15) is 5.26 Å². The van der Waals surface area contributed by atoms with Crippen molar-refractivity contribution in [2.45, 2.75) is 20.3 Å². The lowest BCUT2D eigenvalue weighted by Gasteiger charge is -2.03. The molecule has 1 aromatic heterocycles. The van der Waals surface area contributed by atoms with Crippen LogP contribution in [0.4, 0.5) is 0 Å². The first-order valence-electron chi connectivity index (χ1n) is 5.30. The van der Waals surface area contributed by atoms with Crippen LogP contribution in [-0.4, -0.2) is 9.97 Å². The third-order valence-electron chi connectivity index (χ3n) is 2.63. The molecule has 0 radical (unpaired) electrons. The number of aromatic amines is 1. The van der Waals surface area contributed by atoms with Crippen molar-refractivity contribution in [2.24, 2.45) is 0 Å². The number of hydrogen-bond donors (Lipinski definition) is 1. The third-order valence-corrected chi connectivity index (χ3v) is 3.29. The van der Waals surface area contributed by atoms with Gasteiger partial charge in [0.1, 0.15) is 10.4 Å². The van der Waals surface area contributed by atoms with Crippen LogP contribution >= 0.6 is 15.9 Å². The normalized spacial score (nSPS) is 10.2. The summed E-state index contributed by atoms with van der Waals surface area (Å²) in [4.78, 5) is 7.60. The minimum atomic E-state index is 0.332. The summed E-state index contributed by atoms with van der Waals surface area (Å²) in [6, 6.07) is 8.36. The molecule has 2 aromatic rings. The molecule has 0 atom stereocenters. The van der Waals surface area contributed by atoms with E-state index in [1.165, 1.54) is 11.1 Å². The highest BCUT2D eigenvalue weighted by atomic mass is 79.9. The van der Waals surface area contributed by atoms with Gasteiger partial charge in [-0.15, -0.1) is 0 Å². The van der Waals surface area contributed by atoms with Crippen LogP contribution in [0, 0.1) is 25.2 Å². The van der Waals surface area contributed by atoms with Gasteiger partial charge in [0, 0.05) is 5.56 Å². The van der Waals surface area contributed by atoms with E-state index in [0.29, 0.717) is 6.42 Å². The van der Waals surface area contributed by atoms with Crippen LogP contribution in [-0.2, 0) is 6.42 Å². The maximum absolute atomic E-state index is 8.70. The molecular formula is C13H12BrN3. The fourth-order valence-electron chi connectivity index (χ4n) is 1.70. The molecule has 0 aliphatic carbocycles. The van der Waals surface area contributed by atoms with Crippen molar-refractivity contribution >= 4 is 15.9 Å². The Morgan fingerprint density at radius 3 is 2.88 bits per heavy atom. The summed E-state index contributed by atoms with van der Waals surface area (Å²) in [5.74, 6) is 0.809. The van der Waals surface area contributed by atoms with Crippen molar-refractivity contribution in [1.29, 1.82) is 5.26 Å². The average Bonchev–Trinajstić information content (AvgIpc) is 2.64. The highest BCUT2D eigenvalue weighted by Crippen LogP contribution is 2.25. The van der Waals surface area contributed by atoms with E-state index in [9.17, 15) is 0 Å². The van der Waals surface area contributed by atoms with Gasteiger partial charge < -0.3 is 4.98 Å². The zero-order valence-electron chi connectivity index (χ0n) is 9.71. The largest absolute Gasteiger partial charge is 0.340 e. The Labute approximate surface area is 109 Å². The van der Waals surface area contributed by atoms with E-state index >= 15 is 0 Å². The Morgan fingerprint density at radius 2 is 2.18 bits per heavy atom. The van der Waals surface area contributed by atoms with Gasteiger partial charge in [0.05, 0.1) is 18.2 Å². The second-order valence-corrected chi connectivity index (χ2v) is 4.76. The fourth-order valence-corrected chi connectivity index (χ4v) is 2.12. The smallest absolute Gasteiger partial charge is 0.139 e. The standard InChI is InChI=1S/C13H12BrN3/c1-8-3-4-9(2)10(7-8)13-16-11(5-6-15)12(14)17-13/h3-4,7H,5H2,1-2H3,(H,16,17). The molecule has 3 nitrogen and oxygen atoms in total. The van der Waals surface area contributed by atoms with Crippen molar-refractivity contribution in [2.75, 3.05) is 0 Å². The second kappa shape index (κ2) is 4.72.